The molecule has 0 aromatic carbocycles. The number of carboxylic acids is 1. The van der Waals surface area contributed by atoms with E-state index in [1.165, 1.54) is 18.3 Å². The fourth-order valence-electron chi connectivity index (χ4n) is 1.16. The van der Waals surface area contributed by atoms with Crippen molar-refractivity contribution in [1.82, 2.24) is 10.3 Å². The van der Waals surface area contributed by atoms with Crippen LogP contribution in [0.4, 0.5) is 0 Å². The third-order valence-corrected chi connectivity index (χ3v) is 3.72. The zero-order chi connectivity index (χ0) is 13.8. The van der Waals surface area contributed by atoms with Crippen LogP contribution in [-0.4, -0.2) is 39.5 Å². The fourth-order valence-corrected chi connectivity index (χ4v) is 1.37. The van der Waals surface area contributed by atoms with Crippen molar-refractivity contribution in [3.8, 4) is 0 Å². The Hall–Kier alpha value is -1.56. The maximum absolute atomic E-state index is 11.8. The molecule has 0 bridgehead atoms. The van der Waals surface area contributed by atoms with Crippen molar-refractivity contribution in [1.29, 1.82) is 0 Å². The first-order valence-electron chi connectivity index (χ1n) is 5.38. The van der Waals surface area contributed by atoms with Gasteiger partial charge in [-0.1, -0.05) is 0 Å². The molecule has 0 spiro atoms. The van der Waals surface area contributed by atoms with E-state index in [2.05, 4.69) is 10.3 Å². The number of amides is 1. The molecule has 1 aromatic rings. The molecular weight excluding hydrogens is 252 g/mol. The number of carbonyl (C=O) groups is 2. The third-order valence-electron chi connectivity index (χ3n) is 2.47. The molecule has 1 amide bonds. The molecule has 18 heavy (non-hydrogen) atoms. The van der Waals surface area contributed by atoms with Gasteiger partial charge in [-0.15, -0.1) is 0 Å². The summed E-state index contributed by atoms with van der Waals surface area (Å²) < 4.78 is -0.0572. The Morgan fingerprint density at radius 3 is 2.72 bits per heavy atom. The third kappa shape index (κ3) is 4.03. The van der Waals surface area contributed by atoms with E-state index in [0.29, 0.717) is 12.1 Å². The Morgan fingerprint density at radius 2 is 2.17 bits per heavy atom. The van der Waals surface area contributed by atoms with E-state index >= 15 is 0 Å². The highest BCUT2D eigenvalue weighted by molar-refractivity contribution is 7.99. The summed E-state index contributed by atoms with van der Waals surface area (Å²) in [7, 11) is 0. The zero-order valence-corrected chi connectivity index (χ0v) is 11.4. The Labute approximate surface area is 110 Å². The number of aromatic nitrogens is 1. The number of hydrogen-bond donors (Lipinski definition) is 2. The number of hydrogen-bond acceptors (Lipinski definition) is 4. The average Bonchev–Trinajstić information content (AvgIpc) is 2.36. The van der Waals surface area contributed by atoms with Crippen molar-refractivity contribution >= 4 is 23.6 Å². The molecule has 2 N–H and O–H groups in total. The van der Waals surface area contributed by atoms with Crippen molar-refractivity contribution in [3.05, 3.63) is 29.6 Å². The highest BCUT2D eigenvalue weighted by Gasteiger charge is 2.18. The van der Waals surface area contributed by atoms with Gasteiger partial charge in [0.25, 0.3) is 5.91 Å². The van der Waals surface area contributed by atoms with Crippen LogP contribution in [0.5, 0.6) is 0 Å². The number of thioether (sulfide) groups is 1. The number of pyridine rings is 1. The summed E-state index contributed by atoms with van der Waals surface area (Å²) in [6.45, 7) is 4.55. The molecule has 0 atom stereocenters. The summed E-state index contributed by atoms with van der Waals surface area (Å²) in [5.74, 6) is -1.43. The van der Waals surface area contributed by atoms with E-state index in [4.69, 9.17) is 5.11 Å². The molecule has 0 unspecified atom stereocenters. The maximum atomic E-state index is 11.8. The second kappa shape index (κ2) is 5.86. The van der Waals surface area contributed by atoms with Crippen molar-refractivity contribution in [2.75, 3.05) is 12.8 Å². The van der Waals surface area contributed by atoms with Gasteiger partial charge >= 0.3 is 5.97 Å². The molecule has 1 aromatic heterocycles. The van der Waals surface area contributed by atoms with Crippen LogP contribution in [0.3, 0.4) is 0 Å². The largest absolute Gasteiger partial charge is 0.477 e. The summed E-state index contributed by atoms with van der Waals surface area (Å²) in [6, 6.07) is 2.76. The lowest BCUT2D eigenvalue weighted by Crippen LogP contribution is -2.36. The van der Waals surface area contributed by atoms with Gasteiger partial charge < -0.3 is 10.4 Å². The molecule has 0 aliphatic heterocycles. The summed E-state index contributed by atoms with van der Waals surface area (Å²) in [4.78, 5) is 26.2. The molecule has 1 heterocycles. The highest BCUT2D eigenvalue weighted by atomic mass is 32.2. The molecule has 98 valence electrons. The first-order chi connectivity index (χ1) is 8.35. The SMILES string of the molecule is CSC(C)(C)CNC(=O)c1ccnc(C(=O)O)c1. The molecule has 1 rings (SSSR count). The average molecular weight is 268 g/mol. The minimum absolute atomic E-state index is 0.0572. The van der Waals surface area contributed by atoms with Gasteiger partial charge in [0.1, 0.15) is 5.69 Å². The second-order valence-electron chi connectivity index (χ2n) is 4.38. The summed E-state index contributed by atoms with van der Waals surface area (Å²) >= 11 is 1.65. The fraction of sp³-hybridized carbons (Fsp3) is 0.417. The Morgan fingerprint density at radius 1 is 1.50 bits per heavy atom. The van der Waals surface area contributed by atoms with Crippen molar-refractivity contribution in [3.63, 3.8) is 0 Å². The van der Waals surface area contributed by atoms with Crippen LogP contribution in [0, 0.1) is 0 Å². The molecule has 6 heteroatoms. The van der Waals surface area contributed by atoms with Gasteiger partial charge in [-0.25, -0.2) is 9.78 Å². The predicted molar refractivity (Wildman–Crippen MR) is 71.1 cm³/mol. The van der Waals surface area contributed by atoms with Gasteiger partial charge in [0.2, 0.25) is 0 Å². The highest BCUT2D eigenvalue weighted by Crippen LogP contribution is 2.19. The Bertz CT molecular complexity index is 460. The number of aromatic carboxylic acids is 1. The van der Waals surface area contributed by atoms with Crippen molar-refractivity contribution < 1.29 is 14.7 Å². The van der Waals surface area contributed by atoms with E-state index in [-0.39, 0.29) is 16.3 Å². The lowest BCUT2D eigenvalue weighted by Gasteiger charge is -2.22. The molecule has 0 aliphatic carbocycles. The lowest BCUT2D eigenvalue weighted by atomic mass is 10.2. The molecule has 5 nitrogen and oxygen atoms in total. The van der Waals surface area contributed by atoms with E-state index in [0.717, 1.165) is 0 Å². The van der Waals surface area contributed by atoms with Gasteiger partial charge in [-0.05, 0) is 32.2 Å². The van der Waals surface area contributed by atoms with Crippen LogP contribution in [0.15, 0.2) is 18.3 Å². The van der Waals surface area contributed by atoms with E-state index in [1.807, 2.05) is 20.1 Å². The quantitative estimate of drug-likeness (QED) is 0.849. The van der Waals surface area contributed by atoms with E-state index < -0.39 is 5.97 Å². The summed E-state index contributed by atoms with van der Waals surface area (Å²) in [6.07, 6.45) is 3.29. The lowest BCUT2D eigenvalue weighted by molar-refractivity contribution is 0.0690. The topological polar surface area (TPSA) is 79.3 Å². The first kappa shape index (κ1) is 14.5. The van der Waals surface area contributed by atoms with Crippen molar-refractivity contribution in [2.45, 2.75) is 18.6 Å². The molecule has 0 saturated heterocycles. The van der Waals surface area contributed by atoms with Gasteiger partial charge in [0, 0.05) is 23.1 Å². The minimum Gasteiger partial charge on any atom is -0.477 e. The number of carbonyl (C=O) groups excluding carboxylic acids is 1. The second-order valence-corrected chi connectivity index (χ2v) is 5.89. The normalized spacial score (nSPS) is 11.1. The van der Waals surface area contributed by atoms with Gasteiger partial charge in [-0.3, -0.25) is 4.79 Å². The molecule has 0 saturated carbocycles. The molecule has 0 radical (unpaired) electrons. The summed E-state index contributed by atoms with van der Waals surface area (Å²) in [5.41, 5.74) is 0.172. The minimum atomic E-state index is -1.14. The first-order valence-corrected chi connectivity index (χ1v) is 6.61. The zero-order valence-electron chi connectivity index (χ0n) is 10.6. The Kier molecular flexibility index (Phi) is 4.72. The van der Waals surface area contributed by atoms with E-state index in [1.54, 1.807) is 11.8 Å². The summed E-state index contributed by atoms with van der Waals surface area (Å²) in [5, 5.41) is 11.6. The van der Waals surface area contributed by atoms with Crippen LogP contribution in [0.1, 0.15) is 34.7 Å². The molecule has 0 aliphatic rings. The van der Waals surface area contributed by atoms with Crippen LogP contribution < -0.4 is 5.32 Å². The number of nitrogens with one attached hydrogen (secondary N) is 1. The van der Waals surface area contributed by atoms with Crippen LogP contribution in [0.2, 0.25) is 0 Å². The van der Waals surface area contributed by atoms with Crippen LogP contribution in [0.25, 0.3) is 0 Å². The van der Waals surface area contributed by atoms with Gasteiger partial charge in [0.05, 0.1) is 0 Å². The number of carboxylic acid groups (broad SMARTS) is 1. The standard InChI is InChI=1S/C12H16N2O3S/c1-12(2,18-3)7-14-10(15)8-4-5-13-9(6-8)11(16)17/h4-6H,7H2,1-3H3,(H,14,15)(H,16,17). The smallest absolute Gasteiger partial charge is 0.354 e. The van der Waals surface area contributed by atoms with Gasteiger partial charge in [0.15, 0.2) is 0 Å². The maximum Gasteiger partial charge on any atom is 0.354 e. The number of nitrogens with zero attached hydrogens (tertiary/aromatic N) is 1. The Balaban J connectivity index is 2.73. The monoisotopic (exact) mass is 268 g/mol. The predicted octanol–water partition coefficient (Wildman–Crippen LogP) is 1.65. The molecule has 0 fully saturated rings. The van der Waals surface area contributed by atoms with Crippen LogP contribution >= 0.6 is 11.8 Å². The number of rotatable bonds is 5. The van der Waals surface area contributed by atoms with Crippen LogP contribution in [-0.2, 0) is 0 Å². The van der Waals surface area contributed by atoms with Gasteiger partial charge in [-0.2, -0.15) is 11.8 Å². The van der Waals surface area contributed by atoms with Crippen molar-refractivity contribution in [2.24, 2.45) is 0 Å². The van der Waals surface area contributed by atoms with E-state index in [9.17, 15) is 9.59 Å². The molecular formula is C12H16N2O3S.